The fraction of sp³-hybridized carbons (Fsp3) is 0.111. The number of rotatable bonds is 2. The van der Waals surface area contributed by atoms with Gasteiger partial charge in [0, 0.05) is 23.2 Å². The van der Waals surface area contributed by atoms with Crippen molar-refractivity contribution in [2.24, 2.45) is 0 Å². The topological polar surface area (TPSA) is 79.4 Å². The highest BCUT2D eigenvalue weighted by Gasteiger charge is 2.08. The van der Waals surface area contributed by atoms with Crippen LogP contribution >= 0.6 is 0 Å². The molecule has 1 aromatic heterocycles. The normalized spacial score (nSPS) is 11.9. The predicted octanol–water partition coefficient (Wildman–Crippen LogP) is 1.66. The van der Waals surface area contributed by atoms with E-state index in [0.29, 0.717) is 0 Å². The number of aromatic nitrogens is 1. The smallest absolute Gasteiger partial charge is 0.362 e. The largest absolute Gasteiger partial charge is 0.446 e. The molecule has 0 amide bonds. The standard InChI is InChI=1S/C9H9NO4S/c1-6-5-10-9-4-7(2-3-8(6)9)14-15(11,12)13/h2-5,10H,1H3,(H,11,12,13). The first-order valence-corrected chi connectivity index (χ1v) is 5.57. The van der Waals surface area contributed by atoms with Crippen LogP contribution in [0.3, 0.4) is 0 Å². The Kier molecular flexibility index (Phi) is 2.17. The number of hydrogen-bond acceptors (Lipinski definition) is 3. The molecule has 2 rings (SSSR count). The maximum absolute atomic E-state index is 10.5. The lowest BCUT2D eigenvalue weighted by Crippen LogP contribution is -2.06. The Morgan fingerprint density at radius 1 is 1.40 bits per heavy atom. The molecule has 2 N–H and O–H groups in total. The van der Waals surface area contributed by atoms with E-state index in [4.69, 9.17) is 4.55 Å². The van der Waals surface area contributed by atoms with Crippen LogP contribution in [0.4, 0.5) is 0 Å². The summed E-state index contributed by atoms with van der Waals surface area (Å²) in [6.07, 6.45) is 1.81. The highest BCUT2D eigenvalue weighted by atomic mass is 32.3. The van der Waals surface area contributed by atoms with Crippen LogP contribution in [-0.4, -0.2) is 18.0 Å². The van der Waals surface area contributed by atoms with Gasteiger partial charge in [-0.2, -0.15) is 8.42 Å². The van der Waals surface area contributed by atoms with Crippen molar-refractivity contribution in [3.63, 3.8) is 0 Å². The first-order chi connectivity index (χ1) is 6.96. The van der Waals surface area contributed by atoms with Gasteiger partial charge in [-0.3, -0.25) is 4.55 Å². The second-order valence-electron chi connectivity index (χ2n) is 3.19. The third-order valence-corrected chi connectivity index (χ3v) is 2.46. The molecule has 0 unspecified atom stereocenters. The van der Waals surface area contributed by atoms with Crippen molar-refractivity contribution in [2.75, 3.05) is 0 Å². The lowest BCUT2D eigenvalue weighted by atomic mass is 10.2. The monoisotopic (exact) mass is 227 g/mol. The van der Waals surface area contributed by atoms with Gasteiger partial charge in [-0.1, -0.05) is 0 Å². The van der Waals surface area contributed by atoms with Gasteiger partial charge in [-0.15, -0.1) is 0 Å². The molecular weight excluding hydrogens is 218 g/mol. The number of nitrogens with one attached hydrogen (secondary N) is 1. The molecule has 0 aliphatic heterocycles. The number of hydrogen-bond donors (Lipinski definition) is 2. The summed E-state index contributed by atoms with van der Waals surface area (Å²) in [4.78, 5) is 2.96. The molecule has 0 atom stereocenters. The van der Waals surface area contributed by atoms with E-state index in [1.165, 1.54) is 12.1 Å². The van der Waals surface area contributed by atoms with Gasteiger partial charge in [-0.05, 0) is 24.6 Å². The van der Waals surface area contributed by atoms with Gasteiger partial charge in [0.15, 0.2) is 0 Å². The highest BCUT2D eigenvalue weighted by Crippen LogP contribution is 2.23. The zero-order valence-electron chi connectivity index (χ0n) is 7.89. The molecule has 2 aromatic rings. The molecule has 0 saturated heterocycles. The molecule has 15 heavy (non-hydrogen) atoms. The summed E-state index contributed by atoms with van der Waals surface area (Å²) in [6.45, 7) is 1.93. The molecular formula is C9H9NO4S. The van der Waals surface area contributed by atoms with Crippen LogP contribution in [0.15, 0.2) is 24.4 Å². The van der Waals surface area contributed by atoms with Gasteiger partial charge >= 0.3 is 10.4 Å². The van der Waals surface area contributed by atoms with Gasteiger partial charge in [0.1, 0.15) is 5.75 Å². The van der Waals surface area contributed by atoms with Crippen molar-refractivity contribution in [2.45, 2.75) is 6.92 Å². The van der Waals surface area contributed by atoms with Crippen molar-refractivity contribution in [3.05, 3.63) is 30.0 Å². The van der Waals surface area contributed by atoms with Crippen molar-refractivity contribution in [1.82, 2.24) is 4.98 Å². The van der Waals surface area contributed by atoms with Gasteiger partial charge < -0.3 is 9.17 Å². The molecule has 5 nitrogen and oxygen atoms in total. The van der Waals surface area contributed by atoms with Crippen molar-refractivity contribution in [3.8, 4) is 5.75 Å². The Balaban J connectivity index is 2.48. The molecule has 0 radical (unpaired) electrons. The van der Waals surface area contributed by atoms with E-state index in [1.807, 2.05) is 13.1 Å². The van der Waals surface area contributed by atoms with E-state index in [1.54, 1.807) is 6.07 Å². The van der Waals surface area contributed by atoms with E-state index in [0.717, 1.165) is 16.5 Å². The Labute approximate surface area is 86.6 Å². The Morgan fingerprint density at radius 3 is 2.80 bits per heavy atom. The summed E-state index contributed by atoms with van der Waals surface area (Å²) in [6, 6.07) is 4.72. The van der Waals surface area contributed by atoms with E-state index < -0.39 is 10.4 Å². The van der Waals surface area contributed by atoms with Gasteiger partial charge in [0.2, 0.25) is 0 Å². The molecule has 0 saturated carbocycles. The maximum Gasteiger partial charge on any atom is 0.446 e. The van der Waals surface area contributed by atoms with E-state index >= 15 is 0 Å². The molecule has 0 aliphatic rings. The van der Waals surface area contributed by atoms with Crippen LogP contribution in [0.1, 0.15) is 5.56 Å². The summed E-state index contributed by atoms with van der Waals surface area (Å²) in [5.74, 6) is 0.0758. The quantitative estimate of drug-likeness (QED) is 0.764. The van der Waals surface area contributed by atoms with Gasteiger partial charge in [0.05, 0.1) is 0 Å². The lowest BCUT2D eigenvalue weighted by molar-refractivity contribution is 0.387. The molecule has 0 spiro atoms. The van der Waals surface area contributed by atoms with E-state index in [9.17, 15) is 8.42 Å². The number of aromatic amines is 1. The van der Waals surface area contributed by atoms with Crippen LogP contribution in [-0.2, 0) is 10.4 Å². The highest BCUT2D eigenvalue weighted by molar-refractivity contribution is 7.81. The van der Waals surface area contributed by atoms with Crippen LogP contribution in [0.2, 0.25) is 0 Å². The molecule has 0 fully saturated rings. The number of benzene rings is 1. The Bertz CT molecular complexity index is 600. The van der Waals surface area contributed by atoms with E-state index in [2.05, 4.69) is 9.17 Å². The Morgan fingerprint density at radius 2 is 2.13 bits per heavy atom. The summed E-state index contributed by atoms with van der Waals surface area (Å²) >= 11 is 0. The second-order valence-corrected chi connectivity index (χ2v) is 4.21. The fourth-order valence-electron chi connectivity index (χ4n) is 1.42. The average Bonchev–Trinajstić information content (AvgIpc) is 2.45. The van der Waals surface area contributed by atoms with Gasteiger partial charge in [-0.25, -0.2) is 0 Å². The molecule has 0 aliphatic carbocycles. The third-order valence-electron chi connectivity index (χ3n) is 2.06. The maximum atomic E-state index is 10.5. The van der Waals surface area contributed by atoms with Gasteiger partial charge in [0.25, 0.3) is 0 Å². The van der Waals surface area contributed by atoms with Crippen molar-refractivity contribution in [1.29, 1.82) is 0 Å². The van der Waals surface area contributed by atoms with Crippen LogP contribution in [0.5, 0.6) is 5.75 Å². The summed E-state index contributed by atoms with van der Waals surface area (Å²) in [7, 11) is -4.45. The molecule has 1 heterocycles. The second kappa shape index (κ2) is 3.25. The first kappa shape index (κ1) is 10.0. The SMILES string of the molecule is Cc1c[nH]c2cc(OS(=O)(=O)O)ccc12. The van der Waals surface area contributed by atoms with Crippen LogP contribution in [0, 0.1) is 6.92 Å². The van der Waals surface area contributed by atoms with Crippen LogP contribution < -0.4 is 4.18 Å². The lowest BCUT2D eigenvalue weighted by Gasteiger charge is -2.00. The summed E-state index contributed by atoms with van der Waals surface area (Å²) in [5.41, 5.74) is 1.82. The zero-order valence-corrected chi connectivity index (χ0v) is 8.71. The minimum atomic E-state index is -4.45. The molecule has 1 aromatic carbocycles. The van der Waals surface area contributed by atoms with Crippen molar-refractivity contribution >= 4 is 21.3 Å². The first-order valence-electron chi connectivity index (χ1n) is 4.20. The minimum absolute atomic E-state index is 0.0758. The third kappa shape index (κ3) is 2.11. The summed E-state index contributed by atoms with van der Waals surface area (Å²) in [5, 5.41) is 0.984. The Hall–Kier alpha value is -1.53. The number of H-pyrrole nitrogens is 1. The van der Waals surface area contributed by atoms with Crippen LogP contribution in [0.25, 0.3) is 10.9 Å². The summed E-state index contributed by atoms with van der Waals surface area (Å²) < 4.78 is 33.7. The van der Waals surface area contributed by atoms with E-state index in [-0.39, 0.29) is 5.75 Å². The molecule has 0 bridgehead atoms. The van der Waals surface area contributed by atoms with Crippen molar-refractivity contribution < 1.29 is 17.2 Å². The number of aryl methyl sites for hydroxylation is 1. The predicted molar refractivity (Wildman–Crippen MR) is 55.2 cm³/mol. The molecule has 80 valence electrons. The fourth-order valence-corrected chi connectivity index (χ4v) is 1.77. The zero-order chi connectivity index (χ0) is 11.1. The number of fused-ring (bicyclic) bond motifs is 1. The minimum Gasteiger partial charge on any atom is -0.362 e. The molecule has 6 heteroatoms. The average molecular weight is 227 g/mol.